The molecule has 2 fully saturated rings. The summed E-state index contributed by atoms with van der Waals surface area (Å²) in [6, 6.07) is 2.19. The highest BCUT2D eigenvalue weighted by atomic mass is 16.5. The zero-order chi connectivity index (χ0) is 19.2. The maximum absolute atomic E-state index is 12.4. The Hall–Kier alpha value is -1.89. The third-order valence-electron chi connectivity index (χ3n) is 5.97. The van der Waals surface area contributed by atoms with Crippen LogP contribution in [0.4, 0.5) is 0 Å². The molecule has 27 heavy (non-hydrogen) atoms. The van der Waals surface area contributed by atoms with Crippen molar-refractivity contribution < 1.29 is 14.1 Å². The molecule has 1 aromatic rings. The zero-order valence-corrected chi connectivity index (χ0v) is 16.6. The van der Waals surface area contributed by atoms with E-state index in [0.717, 1.165) is 52.0 Å². The van der Waals surface area contributed by atoms with E-state index in [1.807, 2.05) is 4.90 Å². The number of likely N-dealkylation sites (N-methyl/N-ethyl adjacent to an activating group) is 1. The van der Waals surface area contributed by atoms with Gasteiger partial charge in [0.2, 0.25) is 5.91 Å². The molecule has 0 aliphatic carbocycles. The van der Waals surface area contributed by atoms with Crippen molar-refractivity contribution >= 4 is 11.8 Å². The van der Waals surface area contributed by atoms with Crippen LogP contribution in [0.1, 0.15) is 61.7 Å². The summed E-state index contributed by atoms with van der Waals surface area (Å²) in [5, 5.41) is 6.93. The Bertz CT molecular complexity index is 637. The Balaban J connectivity index is 1.33. The molecule has 2 aliphatic heterocycles. The highest BCUT2D eigenvalue weighted by molar-refractivity contribution is 5.92. The number of rotatable bonds is 7. The first-order valence-electron chi connectivity index (χ1n) is 10.3. The van der Waals surface area contributed by atoms with E-state index < -0.39 is 0 Å². The summed E-state index contributed by atoms with van der Waals surface area (Å²) < 4.78 is 4.99. The van der Waals surface area contributed by atoms with Crippen LogP contribution < -0.4 is 5.32 Å². The summed E-state index contributed by atoms with van der Waals surface area (Å²) in [7, 11) is 0. The van der Waals surface area contributed by atoms with Crippen molar-refractivity contribution in [2.45, 2.75) is 58.4 Å². The molecule has 0 radical (unpaired) electrons. The minimum absolute atomic E-state index is 0.0555. The normalized spacial score (nSPS) is 21.6. The zero-order valence-electron chi connectivity index (χ0n) is 16.6. The van der Waals surface area contributed by atoms with Gasteiger partial charge in [-0.1, -0.05) is 12.1 Å². The minimum Gasteiger partial charge on any atom is -0.361 e. The lowest BCUT2D eigenvalue weighted by molar-refractivity contribution is -0.121. The fraction of sp³-hybridized carbons (Fsp3) is 0.750. The number of aromatic nitrogens is 1. The minimum atomic E-state index is -0.0555. The molecule has 2 saturated heterocycles. The summed E-state index contributed by atoms with van der Waals surface area (Å²) in [6.45, 7) is 8.41. The topological polar surface area (TPSA) is 78.7 Å². The third kappa shape index (κ3) is 5.31. The van der Waals surface area contributed by atoms with Crippen LogP contribution in [0.3, 0.4) is 0 Å². The number of piperidine rings is 1. The quantitative estimate of drug-likeness (QED) is 0.789. The summed E-state index contributed by atoms with van der Waals surface area (Å²) in [5.74, 6) is 1.27. The highest BCUT2D eigenvalue weighted by Crippen LogP contribution is 2.23. The van der Waals surface area contributed by atoms with Gasteiger partial charge in [0.15, 0.2) is 5.69 Å². The number of aryl methyl sites for hydroxylation is 1. The second-order valence-corrected chi connectivity index (χ2v) is 7.83. The molecule has 2 amide bonds. The van der Waals surface area contributed by atoms with E-state index in [-0.39, 0.29) is 11.8 Å². The maximum Gasteiger partial charge on any atom is 0.276 e. The number of amides is 2. The van der Waals surface area contributed by atoms with E-state index in [1.54, 1.807) is 13.0 Å². The van der Waals surface area contributed by atoms with Gasteiger partial charge in [0, 0.05) is 38.2 Å². The first-order valence-corrected chi connectivity index (χ1v) is 10.3. The van der Waals surface area contributed by atoms with Crippen molar-refractivity contribution in [2.24, 2.45) is 5.92 Å². The van der Waals surface area contributed by atoms with E-state index in [2.05, 4.69) is 22.3 Å². The van der Waals surface area contributed by atoms with E-state index in [1.165, 1.54) is 12.8 Å². The third-order valence-corrected chi connectivity index (χ3v) is 5.97. The highest BCUT2D eigenvalue weighted by Gasteiger charge is 2.26. The molecule has 1 aromatic heterocycles. The van der Waals surface area contributed by atoms with Crippen LogP contribution in [0.25, 0.3) is 0 Å². The van der Waals surface area contributed by atoms with Crippen LogP contribution in [0.2, 0.25) is 0 Å². The van der Waals surface area contributed by atoms with Crippen LogP contribution in [-0.2, 0) is 4.79 Å². The molecule has 0 bridgehead atoms. The van der Waals surface area contributed by atoms with E-state index in [4.69, 9.17) is 4.52 Å². The van der Waals surface area contributed by atoms with Gasteiger partial charge in [-0.05, 0) is 58.0 Å². The number of nitrogens with one attached hydrogen (secondary N) is 1. The average molecular weight is 377 g/mol. The molecule has 3 rings (SSSR count). The smallest absolute Gasteiger partial charge is 0.276 e. The fourth-order valence-electron chi connectivity index (χ4n) is 4.25. The Labute approximate surface area is 161 Å². The number of carbonyl (C=O) groups excluding carboxylic acids is 2. The van der Waals surface area contributed by atoms with E-state index in [9.17, 15) is 9.59 Å². The molecule has 150 valence electrons. The van der Waals surface area contributed by atoms with Gasteiger partial charge in [-0.2, -0.15) is 0 Å². The predicted octanol–water partition coefficient (Wildman–Crippen LogP) is 2.22. The largest absolute Gasteiger partial charge is 0.361 e. The van der Waals surface area contributed by atoms with Gasteiger partial charge >= 0.3 is 0 Å². The van der Waals surface area contributed by atoms with Crippen LogP contribution >= 0.6 is 0 Å². The summed E-state index contributed by atoms with van der Waals surface area (Å²) in [5.41, 5.74) is 0.387. The van der Waals surface area contributed by atoms with Crippen molar-refractivity contribution in [3.8, 4) is 0 Å². The van der Waals surface area contributed by atoms with E-state index >= 15 is 0 Å². The Morgan fingerprint density at radius 3 is 2.70 bits per heavy atom. The van der Waals surface area contributed by atoms with Gasteiger partial charge in [0.25, 0.3) is 5.91 Å². The number of nitrogens with zero attached hydrogens (tertiary/aromatic N) is 3. The fourth-order valence-corrected chi connectivity index (χ4v) is 4.25. The van der Waals surface area contributed by atoms with Crippen molar-refractivity contribution in [1.82, 2.24) is 20.3 Å². The lowest BCUT2D eigenvalue weighted by Crippen LogP contribution is -2.40. The lowest BCUT2D eigenvalue weighted by atomic mass is 9.92. The van der Waals surface area contributed by atoms with Crippen LogP contribution in [0.5, 0.6) is 0 Å². The van der Waals surface area contributed by atoms with Crippen LogP contribution in [0.15, 0.2) is 10.6 Å². The van der Waals surface area contributed by atoms with Crippen LogP contribution in [-0.4, -0.2) is 65.5 Å². The molecule has 0 unspecified atom stereocenters. The molecular formula is C20H32N4O3. The molecule has 0 spiro atoms. The van der Waals surface area contributed by atoms with Gasteiger partial charge in [-0.3, -0.25) is 14.5 Å². The van der Waals surface area contributed by atoms with E-state index in [0.29, 0.717) is 29.8 Å². The van der Waals surface area contributed by atoms with Gasteiger partial charge in [0.05, 0.1) is 0 Å². The van der Waals surface area contributed by atoms with Gasteiger partial charge in [0.1, 0.15) is 5.76 Å². The molecule has 0 saturated carbocycles. The Morgan fingerprint density at radius 2 is 2.04 bits per heavy atom. The van der Waals surface area contributed by atoms with Gasteiger partial charge < -0.3 is 14.7 Å². The number of likely N-dealkylation sites (tertiary alicyclic amines) is 2. The SMILES string of the molecule is CCN1CCC[C@H]1CNC(=O)CCC1CCN(C(=O)c2cc(C)on2)CC1. The van der Waals surface area contributed by atoms with Crippen molar-refractivity contribution in [3.63, 3.8) is 0 Å². The first-order chi connectivity index (χ1) is 13.1. The monoisotopic (exact) mass is 376 g/mol. The van der Waals surface area contributed by atoms with Crippen molar-refractivity contribution in [2.75, 3.05) is 32.7 Å². The molecule has 7 heteroatoms. The van der Waals surface area contributed by atoms with Gasteiger partial charge in [-0.15, -0.1) is 0 Å². The molecule has 2 aliphatic rings. The Morgan fingerprint density at radius 1 is 1.26 bits per heavy atom. The van der Waals surface area contributed by atoms with Crippen molar-refractivity contribution in [1.29, 1.82) is 0 Å². The molecule has 0 aromatic carbocycles. The lowest BCUT2D eigenvalue weighted by Gasteiger charge is -2.31. The Kier molecular flexibility index (Phi) is 6.88. The number of hydrogen-bond acceptors (Lipinski definition) is 5. The summed E-state index contributed by atoms with van der Waals surface area (Å²) >= 11 is 0. The number of hydrogen-bond donors (Lipinski definition) is 1. The maximum atomic E-state index is 12.4. The average Bonchev–Trinajstić information content (AvgIpc) is 3.33. The second kappa shape index (κ2) is 9.35. The second-order valence-electron chi connectivity index (χ2n) is 7.83. The summed E-state index contributed by atoms with van der Waals surface area (Å²) in [4.78, 5) is 28.9. The number of carbonyl (C=O) groups is 2. The molecule has 7 nitrogen and oxygen atoms in total. The van der Waals surface area contributed by atoms with Crippen LogP contribution in [0, 0.1) is 12.8 Å². The predicted molar refractivity (Wildman–Crippen MR) is 102 cm³/mol. The molecule has 1 atom stereocenters. The molecule has 1 N–H and O–H groups in total. The molecule has 3 heterocycles. The standard InChI is InChI=1S/C20H32N4O3/c1-3-23-10-4-5-17(23)14-21-19(25)7-6-16-8-11-24(12-9-16)20(26)18-13-15(2)27-22-18/h13,16-17H,3-12,14H2,1-2H3,(H,21,25)/t17-/m0/s1. The van der Waals surface area contributed by atoms with Gasteiger partial charge in [-0.25, -0.2) is 0 Å². The van der Waals surface area contributed by atoms with Crippen molar-refractivity contribution in [3.05, 3.63) is 17.5 Å². The molecular weight excluding hydrogens is 344 g/mol. The summed E-state index contributed by atoms with van der Waals surface area (Å²) in [6.07, 6.45) is 5.80. The first kappa shape index (κ1) is 19.9.